The first-order valence-corrected chi connectivity index (χ1v) is 7.15. The molecule has 1 aromatic rings. The van der Waals surface area contributed by atoms with E-state index in [9.17, 15) is 12.8 Å². The van der Waals surface area contributed by atoms with E-state index in [1.165, 1.54) is 16.4 Å². The van der Waals surface area contributed by atoms with Crippen molar-refractivity contribution < 1.29 is 18.0 Å². The van der Waals surface area contributed by atoms with Crippen LogP contribution in [0, 0.1) is 5.82 Å². The molecule has 1 heterocycles. The van der Waals surface area contributed by atoms with Gasteiger partial charge in [0, 0.05) is 6.54 Å². The summed E-state index contributed by atoms with van der Waals surface area (Å²) in [6.07, 6.45) is 1.12. The van der Waals surface area contributed by atoms with E-state index in [4.69, 9.17) is 10.9 Å². The first kappa shape index (κ1) is 13.8. The number of nitrogens with two attached hydrogens (primary N) is 1. The lowest BCUT2D eigenvalue weighted by atomic mass is 10.2. The zero-order valence-electron chi connectivity index (χ0n) is 10.0. The zero-order chi connectivity index (χ0) is 14.0. The maximum atomic E-state index is 12.8. The molecule has 8 heteroatoms. The molecule has 1 atom stereocenters. The Hall–Kier alpha value is -1.67. The molecule has 2 rings (SSSR count). The van der Waals surface area contributed by atoms with E-state index in [0.29, 0.717) is 19.4 Å². The van der Waals surface area contributed by atoms with Gasteiger partial charge in [0.2, 0.25) is 10.0 Å². The van der Waals surface area contributed by atoms with E-state index < -0.39 is 21.9 Å². The molecule has 1 aliphatic heterocycles. The van der Waals surface area contributed by atoms with Crippen LogP contribution in [0.5, 0.6) is 0 Å². The number of benzene rings is 1. The molecule has 3 N–H and O–H groups in total. The third-order valence-corrected chi connectivity index (χ3v) is 5.00. The minimum Gasteiger partial charge on any atom is -0.409 e. The molecule has 1 unspecified atom stereocenters. The Morgan fingerprint density at radius 3 is 2.63 bits per heavy atom. The van der Waals surface area contributed by atoms with Crippen molar-refractivity contribution in [1.29, 1.82) is 0 Å². The lowest BCUT2D eigenvalue weighted by Crippen LogP contribution is -2.43. The minimum absolute atomic E-state index is 0.00783. The highest BCUT2D eigenvalue weighted by Gasteiger charge is 2.37. The molecule has 6 nitrogen and oxygen atoms in total. The summed E-state index contributed by atoms with van der Waals surface area (Å²) in [5.74, 6) is -0.642. The van der Waals surface area contributed by atoms with Gasteiger partial charge >= 0.3 is 0 Å². The molecule has 104 valence electrons. The second-order valence-electron chi connectivity index (χ2n) is 4.25. The Morgan fingerprint density at radius 1 is 1.42 bits per heavy atom. The summed E-state index contributed by atoms with van der Waals surface area (Å²) >= 11 is 0. The van der Waals surface area contributed by atoms with Crippen LogP contribution in [0.1, 0.15) is 12.8 Å². The van der Waals surface area contributed by atoms with Crippen LogP contribution >= 0.6 is 0 Å². The monoisotopic (exact) mass is 287 g/mol. The van der Waals surface area contributed by atoms with Crippen molar-refractivity contribution in [3.63, 3.8) is 0 Å². The zero-order valence-corrected chi connectivity index (χ0v) is 10.8. The Morgan fingerprint density at radius 2 is 2.05 bits per heavy atom. The molecular weight excluding hydrogens is 273 g/mol. The van der Waals surface area contributed by atoms with Crippen LogP contribution in [0.25, 0.3) is 0 Å². The molecule has 0 amide bonds. The van der Waals surface area contributed by atoms with E-state index in [2.05, 4.69) is 5.16 Å². The van der Waals surface area contributed by atoms with Gasteiger partial charge in [-0.1, -0.05) is 5.16 Å². The SMILES string of the molecule is NC(=NO)C1CCCN1S(=O)(=O)c1ccc(F)cc1. The number of amidine groups is 1. The average molecular weight is 287 g/mol. The fourth-order valence-corrected chi connectivity index (χ4v) is 3.80. The van der Waals surface area contributed by atoms with E-state index in [0.717, 1.165) is 12.1 Å². The normalized spacial score (nSPS) is 21.7. The van der Waals surface area contributed by atoms with Gasteiger partial charge in [0.05, 0.1) is 10.9 Å². The number of nitrogens with zero attached hydrogens (tertiary/aromatic N) is 2. The summed E-state index contributed by atoms with van der Waals surface area (Å²) in [5.41, 5.74) is 5.50. The molecule has 0 radical (unpaired) electrons. The number of hydrogen-bond donors (Lipinski definition) is 2. The van der Waals surface area contributed by atoms with Crippen LogP contribution in [-0.4, -0.2) is 36.4 Å². The molecule has 1 aliphatic rings. The van der Waals surface area contributed by atoms with Crippen LogP contribution < -0.4 is 5.73 Å². The summed E-state index contributed by atoms with van der Waals surface area (Å²) in [7, 11) is -3.77. The molecule has 1 aromatic carbocycles. The molecule has 0 bridgehead atoms. The van der Waals surface area contributed by atoms with Crippen molar-refractivity contribution in [1.82, 2.24) is 4.31 Å². The fourth-order valence-electron chi connectivity index (χ4n) is 2.13. The van der Waals surface area contributed by atoms with Gasteiger partial charge < -0.3 is 10.9 Å². The Labute approximate surface area is 110 Å². The smallest absolute Gasteiger partial charge is 0.243 e. The van der Waals surface area contributed by atoms with E-state index in [1.807, 2.05) is 0 Å². The van der Waals surface area contributed by atoms with Gasteiger partial charge in [-0.25, -0.2) is 12.8 Å². The minimum atomic E-state index is -3.77. The predicted molar refractivity (Wildman–Crippen MR) is 66.7 cm³/mol. The van der Waals surface area contributed by atoms with Gasteiger partial charge in [0.25, 0.3) is 0 Å². The summed E-state index contributed by atoms with van der Waals surface area (Å²) in [5, 5.41) is 11.5. The van der Waals surface area contributed by atoms with Crippen molar-refractivity contribution in [3.05, 3.63) is 30.1 Å². The topological polar surface area (TPSA) is 96.0 Å². The Balaban J connectivity index is 2.36. The summed E-state index contributed by atoms with van der Waals surface area (Å²) < 4.78 is 38.8. The Bertz CT molecular complexity index is 586. The van der Waals surface area contributed by atoms with Crippen LogP contribution in [0.2, 0.25) is 0 Å². The van der Waals surface area contributed by atoms with Crippen molar-refractivity contribution in [2.45, 2.75) is 23.8 Å². The van der Waals surface area contributed by atoms with Gasteiger partial charge in [-0.3, -0.25) is 0 Å². The molecule has 0 spiro atoms. The van der Waals surface area contributed by atoms with Crippen molar-refractivity contribution in [3.8, 4) is 0 Å². The van der Waals surface area contributed by atoms with Crippen LogP contribution in [-0.2, 0) is 10.0 Å². The first-order chi connectivity index (χ1) is 8.96. The number of oxime groups is 1. The first-order valence-electron chi connectivity index (χ1n) is 5.71. The number of halogens is 1. The highest BCUT2D eigenvalue weighted by molar-refractivity contribution is 7.89. The van der Waals surface area contributed by atoms with Crippen LogP contribution in [0.3, 0.4) is 0 Å². The lowest BCUT2D eigenvalue weighted by molar-refractivity contribution is 0.311. The molecular formula is C11H14FN3O3S. The van der Waals surface area contributed by atoms with Crippen molar-refractivity contribution in [2.24, 2.45) is 10.9 Å². The van der Waals surface area contributed by atoms with Gasteiger partial charge in [-0.2, -0.15) is 4.31 Å². The molecule has 0 aromatic heterocycles. The average Bonchev–Trinajstić information content (AvgIpc) is 2.88. The summed E-state index contributed by atoms with van der Waals surface area (Å²) in [6.45, 7) is 0.292. The van der Waals surface area contributed by atoms with Crippen molar-refractivity contribution >= 4 is 15.9 Å². The highest BCUT2D eigenvalue weighted by atomic mass is 32.2. The molecule has 0 saturated carbocycles. The summed E-state index contributed by atoms with van der Waals surface area (Å²) in [4.78, 5) is -0.00783. The fraction of sp³-hybridized carbons (Fsp3) is 0.364. The third-order valence-electron chi connectivity index (χ3n) is 3.08. The maximum absolute atomic E-state index is 12.8. The largest absolute Gasteiger partial charge is 0.409 e. The number of rotatable bonds is 3. The van der Waals surface area contributed by atoms with E-state index >= 15 is 0 Å². The van der Waals surface area contributed by atoms with E-state index in [-0.39, 0.29) is 10.7 Å². The van der Waals surface area contributed by atoms with Crippen molar-refractivity contribution in [2.75, 3.05) is 6.54 Å². The van der Waals surface area contributed by atoms with Crippen LogP contribution in [0.4, 0.5) is 4.39 Å². The maximum Gasteiger partial charge on any atom is 0.243 e. The third kappa shape index (κ3) is 2.54. The second-order valence-corrected chi connectivity index (χ2v) is 6.14. The molecule has 19 heavy (non-hydrogen) atoms. The second kappa shape index (κ2) is 5.14. The molecule has 0 aliphatic carbocycles. The van der Waals surface area contributed by atoms with Gasteiger partial charge in [-0.05, 0) is 37.1 Å². The van der Waals surface area contributed by atoms with E-state index in [1.54, 1.807) is 0 Å². The quantitative estimate of drug-likeness (QED) is 0.370. The highest BCUT2D eigenvalue weighted by Crippen LogP contribution is 2.26. The molecule has 1 saturated heterocycles. The van der Waals surface area contributed by atoms with Gasteiger partial charge in [0.1, 0.15) is 5.82 Å². The Kier molecular flexibility index (Phi) is 3.72. The van der Waals surface area contributed by atoms with Crippen LogP contribution in [0.15, 0.2) is 34.3 Å². The predicted octanol–water partition coefficient (Wildman–Crippen LogP) is 0.725. The summed E-state index contributed by atoms with van der Waals surface area (Å²) in [6, 6.07) is 3.92. The van der Waals surface area contributed by atoms with Gasteiger partial charge in [0.15, 0.2) is 5.84 Å². The lowest BCUT2D eigenvalue weighted by Gasteiger charge is -2.22. The molecule has 1 fully saturated rings. The standard InChI is InChI=1S/C11H14FN3O3S/c12-8-3-5-9(6-4-8)19(17,18)15-7-1-2-10(15)11(13)14-16/h3-6,10,16H,1-2,7H2,(H2,13,14). The van der Waals surface area contributed by atoms with Gasteiger partial charge in [-0.15, -0.1) is 0 Å². The number of sulfonamides is 1. The number of hydrogen-bond acceptors (Lipinski definition) is 4.